The van der Waals surface area contributed by atoms with E-state index >= 15 is 0 Å². The van der Waals surface area contributed by atoms with Crippen molar-refractivity contribution in [2.75, 3.05) is 6.61 Å². The molecule has 0 atom stereocenters. The van der Waals surface area contributed by atoms with Gasteiger partial charge in [0.25, 0.3) is 0 Å². The number of thioether (sulfide) groups is 1. The summed E-state index contributed by atoms with van der Waals surface area (Å²) in [5, 5.41) is 9.43. The Morgan fingerprint density at radius 2 is 1.52 bits per heavy atom. The van der Waals surface area contributed by atoms with Crippen LogP contribution in [0.25, 0.3) is 11.1 Å². The van der Waals surface area contributed by atoms with Crippen LogP contribution in [0.2, 0.25) is 0 Å². The molecule has 0 amide bonds. The van der Waals surface area contributed by atoms with Gasteiger partial charge in [0, 0.05) is 4.90 Å². The van der Waals surface area contributed by atoms with E-state index in [9.17, 15) is 13.2 Å². The van der Waals surface area contributed by atoms with Gasteiger partial charge in [-0.3, -0.25) is 5.84 Å². The average Bonchev–Trinajstić information content (AvgIpc) is 2.64. The van der Waals surface area contributed by atoms with E-state index in [0.29, 0.717) is 10.7 Å². The number of ether oxygens (including phenoxy) is 1. The first-order valence-electron chi connectivity index (χ1n) is 8.02. The molecule has 0 fully saturated rings. The van der Waals surface area contributed by atoms with Gasteiger partial charge in [0.05, 0.1) is 17.3 Å². The molecule has 2 aromatic rings. The summed E-state index contributed by atoms with van der Waals surface area (Å²) < 4.78 is 40.3. The van der Waals surface area contributed by atoms with Crippen molar-refractivity contribution in [3.05, 3.63) is 59.3 Å². The molecule has 0 bridgehead atoms. The van der Waals surface area contributed by atoms with E-state index in [1.54, 1.807) is 24.3 Å². The van der Waals surface area contributed by atoms with Crippen LogP contribution in [-0.4, -0.2) is 18.1 Å². The molecular weight excluding hydrogens is 379 g/mol. The molecule has 0 aliphatic rings. The van der Waals surface area contributed by atoms with Crippen molar-refractivity contribution in [2.24, 2.45) is 11.6 Å². The molecule has 0 saturated carbocycles. The fourth-order valence-corrected chi connectivity index (χ4v) is 2.72. The first-order valence-corrected chi connectivity index (χ1v) is 8.84. The lowest BCUT2D eigenvalue weighted by Crippen LogP contribution is -2.26. The third kappa shape index (κ3) is 7.41. The second kappa shape index (κ2) is 10.7. The van der Waals surface area contributed by atoms with Crippen molar-refractivity contribution in [1.82, 2.24) is 5.43 Å². The highest BCUT2D eigenvalue weighted by molar-refractivity contribution is 8.03. The fraction of sp³-hybridized carbons (Fsp3) is 0.222. The summed E-state index contributed by atoms with van der Waals surface area (Å²) in [5.41, 5.74) is 10.0. The number of rotatable bonds is 6. The summed E-state index contributed by atoms with van der Waals surface area (Å²) in [6, 6.07) is 12.8. The normalized spacial score (nSPS) is 11.8. The van der Waals surface area contributed by atoms with Gasteiger partial charge in [-0.25, -0.2) is 0 Å². The third-order valence-electron chi connectivity index (χ3n) is 3.13. The minimum atomic E-state index is -4.71. The van der Waals surface area contributed by atoms with Gasteiger partial charge in [-0.1, -0.05) is 49.9 Å². The Labute approximate surface area is 160 Å². The zero-order valence-corrected chi connectivity index (χ0v) is 15.7. The Hall–Kier alpha value is -2.36. The molecule has 2 aromatic carbocycles. The van der Waals surface area contributed by atoms with E-state index in [0.717, 1.165) is 16.0 Å². The Morgan fingerprint density at radius 3 is 1.93 bits per heavy atom. The van der Waals surface area contributed by atoms with Crippen LogP contribution in [0, 0.1) is 0 Å². The summed E-state index contributed by atoms with van der Waals surface area (Å²) in [6.07, 6.45) is -4.71. The molecule has 9 heteroatoms. The fourth-order valence-electron chi connectivity index (χ4n) is 1.95. The van der Waals surface area contributed by atoms with Crippen molar-refractivity contribution >= 4 is 11.8 Å². The quantitative estimate of drug-likeness (QED) is 0.333. The van der Waals surface area contributed by atoms with Gasteiger partial charge in [-0.05, 0) is 35.4 Å². The maximum absolute atomic E-state index is 12.2. The highest BCUT2D eigenvalue weighted by Gasteiger charge is 2.30. The van der Waals surface area contributed by atoms with Gasteiger partial charge < -0.3 is 21.0 Å². The van der Waals surface area contributed by atoms with Crippen molar-refractivity contribution in [3.63, 3.8) is 0 Å². The minimum absolute atomic E-state index is 0.271. The van der Waals surface area contributed by atoms with E-state index in [4.69, 9.17) is 16.7 Å². The van der Waals surface area contributed by atoms with Crippen LogP contribution in [0.3, 0.4) is 0 Å². The number of hydrogen-bond donors (Lipinski definition) is 4. The van der Waals surface area contributed by atoms with Crippen LogP contribution in [-0.2, 0) is 0 Å². The zero-order valence-electron chi connectivity index (χ0n) is 14.9. The predicted octanol–water partition coefficient (Wildman–Crippen LogP) is 3.95. The van der Waals surface area contributed by atoms with Crippen LogP contribution in [0.1, 0.15) is 13.8 Å². The molecule has 0 heterocycles. The van der Waals surface area contributed by atoms with Crippen LogP contribution in [0.15, 0.2) is 64.2 Å². The van der Waals surface area contributed by atoms with Gasteiger partial charge >= 0.3 is 6.36 Å². The molecule has 0 aromatic heterocycles. The van der Waals surface area contributed by atoms with Crippen molar-refractivity contribution in [2.45, 2.75) is 25.1 Å². The van der Waals surface area contributed by atoms with E-state index in [-0.39, 0.29) is 12.4 Å². The minimum Gasteiger partial charge on any atom is -0.406 e. The van der Waals surface area contributed by atoms with Crippen LogP contribution < -0.4 is 21.7 Å². The molecule has 5 nitrogen and oxygen atoms in total. The van der Waals surface area contributed by atoms with Gasteiger partial charge in [0.2, 0.25) is 0 Å². The summed E-state index contributed by atoms with van der Waals surface area (Å²) >= 11 is 1.22. The summed E-state index contributed by atoms with van der Waals surface area (Å²) in [5.74, 6) is 4.98. The second-order valence-electron chi connectivity index (χ2n) is 4.84. The maximum atomic E-state index is 12.2. The second-order valence-corrected chi connectivity index (χ2v) is 5.96. The van der Waals surface area contributed by atoms with Crippen LogP contribution in [0.4, 0.5) is 13.2 Å². The lowest BCUT2D eigenvalue weighted by molar-refractivity contribution is -0.274. The Morgan fingerprint density at radius 1 is 1.04 bits per heavy atom. The number of aliphatic hydroxyl groups excluding tert-OH is 1. The molecule has 0 spiro atoms. The highest BCUT2D eigenvalue weighted by Crippen LogP contribution is 2.29. The Kier molecular flexibility index (Phi) is 8.99. The van der Waals surface area contributed by atoms with E-state index in [1.165, 1.54) is 23.9 Å². The Balaban J connectivity index is 0.00000176. The number of halogens is 3. The van der Waals surface area contributed by atoms with Crippen molar-refractivity contribution < 1.29 is 23.0 Å². The topological polar surface area (TPSA) is 93.5 Å². The van der Waals surface area contributed by atoms with Gasteiger partial charge in [-0.15, -0.1) is 13.2 Å². The summed E-state index contributed by atoms with van der Waals surface area (Å²) in [7, 11) is 0. The van der Waals surface area contributed by atoms with Crippen LogP contribution in [0.5, 0.6) is 5.75 Å². The number of aliphatic hydroxyl groups is 1. The molecule has 148 valence electrons. The van der Waals surface area contributed by atoms with Gasteiger partial charge in [0.15, 0.2) is 0 Å². The maximum Gasteiger partial charge on any atom is 0.573 e. The SMILES string of the molecule is CC.NN/C(CO)=C(\N)Sc1ccc(-c2ccc(OC(F)(F)F)cc2)cc1. The van der Waals surface area contributed by atoms with Gasteiger partial charge in [-0.2, -0.15) is 0 Å². The average molecular weight is 401 g/mol. The number of nitrogens with two attached hydrogens (primary N) is 2. The van der Waals surface area contributed by atoms with E-state index in [1.807, 2.05) is 26.0 Å². The number of alkyl halides is 3. The molecule has 0 aliphatic carbocycles. The molecule has 6 N–H and O–H groups in total. The van der Waals surface area contributed by atoms with Crippen molar-refractivity contribution in [1.29, 1.82) is 0 Å². The monoisotopic (exact) mass is 401 g/mol. The number of hydrazine groups is 1. The number of hydrogen-bond acceptors (Lipinski definition) is 6. The predicted molar refractivity (Wildman–Crippen MR) is 101 cm³/mol. The van der Waals surface area contributed by atoms with Crippen molar-refractivity contribution in [3.8, 4) is 16.9 Å². The summed E-state index contributed by atoms with van der Waals surface area (Å²) in [4.78, 5) is 0.819. The highest BCUT2D eigenvalue weighted by atomic mass is 32.2. The molecule has 0 radical (unpaired) electrons. The number of nitrogens with one attached hydrogen (secondary N) is 1. The zero-order chi connectivity index (χ0) is 20.4. The largest absolute Gasteiger partial charge is 0.573 e. The first kappa shape index (κ1) is 22.7. The summed E-state index contributed by atoms with van der Waals surface area (Å²) in [6.45, 7) is 3.69. The number of benzene rings is 2. The lowest BCUT2D eigenvalue weighted by atomic mass is 10.1. The Bertz CT molecular complexity index is 727. The van der Waals surface area contributed by atoms with Crippen LogP contribution >= 0.6 is 11.8 Å². The first-order chi connectivity index (χ1) is 12.8. The van der Waals surface area contributed by atoms with Gasteiger partial charge in [0.1, 0.15) is 5.75 Å². The molecule has 0 unspecified atom stereocenters. The third-order valence-corrected chi connectivity index (χ3v) is 4.11. The van der Waals surface area contributed by atoms with E-state index in [2.05, 4.69) is 10.2 Å². The molecular formula is C18H22F3N3O2S. The van der Waals surface area contributed by atoms with E-state index < -0.39 is 6.36 Å². The molecule has 0 aliphatic heterocycles. The smallest absolute Gasteiger partial charge is 0.406 e. The standard InChI is InChI=1S/C16H16F3N3O2S.C2H6/c17-16(18,19)24-12-5-1-10(2-6-12)11-3-7-13(8-4-11)25-15(20)14(9-23)22-21;1-2/h1-8,22-23H,9,20-21H2;1-2H3/b15-14+;. The molecule has 2 rings (SSSR count). The lowest BCUT2D eigenvalue weighted by Gasteiger charge is -2.10. The molecule has 27 heavy (non-hydrogen) atoms. The molecule has 0 saturated heterocycles.